The number of nitrogen functional groups attached to an aromatic ring is 1. The van der Waals surface area contributed by atoms with Gasteiger partial charge in [-0.05, 0) is 26.3 Å². The molecule has 1 saturated heterocycles. The summed E-state index contributed by atoms with van der Waals surface area (Å²) in [4.78, 5) is 29.6. The summed E-state index contributed by atoms with van der Waals surface area (Å²) in [6.45, 7) is 4.97. The van der Waals surface area contributed by atoms with Crippen molar-refractivity contribution in [3.05, 3.63) is 23.5 Å². The van der Waals surface area contributed by atoms with E-state index in [0.717, 1.165) is 13.0 Å². The monoisotopic (exact) mass is 276 g/mol. The number of hydrogen-bond acceptors (Lipinski definition) is 4. The van der Waals surface area contributed by atoms with Crippen molar-refractivity contribution < 1.29 is 9.59 Å². The number of nitrogens with one attached hydrogen (secondary N) is 1. The molecule has 1 aromatic heterocycles. The summed E-state index contributed by atoms with van der Waals surface area (Å²) >= 11 is 0. The van der Waals surface area contributed by atoms with E-state index in [9.17, 15) is 9.59 Å². The Morgan fingerprint density at radius 2 is 2.35 bits per heavy atom. The van der Waals surface area contributed by atoms with E-state index in [0.29, 0.717) is 29.9 Å². The van der Waals surface area contributed by atoms with Gasteiger partial charge in [0.1, 0.15) is 0 Å². The molecule has 0 radical (unpaired) electrons. The van der Waals surface area contributed by atoms with Gasteiger partial charge in [0.2, 0.25) is 5.91 Å². The Labute approximate surface area is 118 Å². The Balaban J connectivity index is 1.96. The largest absolute Gasteiger partial charge is 0.397 e. The Hall–Kier alpha value is -2.11. The third-order valence-electron chi connectivity index (χ3n) is 3.40. The Bertz CT molecular complexity index is 530. The number of aryl methyl sites for hydroxylation is 1. The molecule has 0 aliphatic carbocycles. The number of amides is 2. The summed E-state index contributed by atoms with van der Waals surface area (Å²) in [5, 5.41) is 2.88. The molecule has 2 heterocycles. The minimum absolute atomic E-state index is 0.106. The number of carbonyl (C=O) groups is 2. The maximum Gasteiger partial charge on any atom is 0.253 e. The molecular formula is C14H20N4O2. The zero-order chi connectivity index (χ0) is 14.7. The summed E-state index contributed by atoms with van der Waals surface area (Å²) in [6.07, 6.45) is 3.04. The van der Waals surface area contributed by atoms with Crippen molar-refractivity contribution in [2.45, 2.75) is 32.7 Å². The predicted octanol–water partition coefficient (Wildman–Crippen LogP) is 0.713. The fourth-order valence-corrected chi connectivity index (χ4v) is 2.35. The highest BCUT2D eigenvalue weighted by atomic mass is 16.2. The molecule has 20 heavy (non-hydrogen) atoms. The van der Waals surface area contributed by atoms with Crippen LogP contribution in [-0.4, -0.2) is 40.8 Å². The van der Waals surface area contributed by atoms with Gasteiger partial charge in [0.05, 0.1) is 23.1 Å². The lowest BCUT2D eigenvalue weighted by Crippen LogP contribution is -2.42. The van der Waals surface area contributed by atoms with Crippen LogP contribution in [-0.2, 0) is 4.79 Å². The van der Waals surface area contributed by atoms with Crippen molar-refractivity contribution in [2.75, 3.05) is 18.8 Å². The maximum absolute atomic E-state index is 12.2. The SMILES string of the molecule is Cc1ncc(N)cc1C(=O)NC(C)CN1CCCC1=O. The Morgan fingerprint density at radius 1 is 1.60 bits per heavy atom. The van der Waals surface area contributed by atoms with Crippen LogP contribution in [0.1, 0.15) is 35.8 Å². The highest BCUT2D eigenvalue weighted by Gasteiger charge is 2.22. The van der Waals surface area contributed by atoms with Crippen molar-refractivity contribution in [1.82, 2.24) is 15.2 Å². The fraction of sp³-hybridized carbons (Fsp3) is 0.500. The molecule has 0 spiro atoms. The number of hydrogen-bond donors (Lipinski definition) is 2. The van der Waals surface area contributed by atoms with Gasteiger partial charge in [-0.25, -0.2) is 0 Å². The molecule has 6 heteroatoms. The molecule has 1 aromatic rings. The Morgan fingerprint density at radius 3 is 3.00 bits per heavy atom. The van der Waals surface area contributed by atoms with Gasteiger partial charge >= 0.3 is 0 Å². The van der Waals surface area contributed by atoms with Crippen LogP contribution in [0.4, 0.5) is 5.69 Å². The van der Waals surface area contributed by atoms with Crippen LogP contribution < -0.4 is 11.1 Å². The van der Waals surface area contributed by atoms with Gasteiger partial charge in [-0.2, -0.15) is 0 Å². The van der Waals surface area contributed by atoms with E-state index in [2.05, 4.69) is 10.3 Å². The molecule has 2 amide bonds. The molecule has 1 unspecified atom stereocenters. The van der Waals surface area contributed by atoms with Crippen molar-refractivity contribution in [2.24, 2.45) is 0 Å². The minimum atomic E-state index is -0.207. The van der Waals surface area contributed by atoms with E-state index < -0.39 is 0 Å². The van der Waals surface area contributed by atoms with E-state index in [1.807, 2.05) is 6.92 Å². The number of carbonyl (C=O) groups excluding carboxylic acids is 2. The molecule has 0 bridgehead atoms. The number of rotatable bonds is 4. The summed E-state index contributed by atoms with van der Waals surface area (Å²) in [7, 11) is 0. The third-order valence-corrected chi connectivity index (χ3v) is 3.40. The molecule has 3 N–H and O–H groups in total. The first kappa shape index (κ1) is 14.3. The van der Waals surface area contributed by atoms with Gasteiger partial charge in [0.25, 0.3) is 5.91 Å². The predicted molar refractivity (Wildman–Crippen MR) is 76.1 cm³/mol. The summed E-state index contributed by atoms with van der Waals surface area (Å²) in [6, 6.07) is 1.51. The molecule has 1 atom stereocenters. The van der Waals surface area contributed by atoms with Crippen molar-refractivity contribution >= 4 is 17.5 Å². The van der Waals surface area contributed by atoms with E-state index in [1.165, 1.54) is 6.20 Å². The van der Waals surface area contributed by atoms with Crippen LogP contribution in [0, 0.1) is 6.92 Å². The first-order valence-electron chi connectivity index (χ1n) is 6.78. The third kappa shape index (κ3) is 3.26. The first-order chi connectivity index (χ1) is 9.47. The number of anilines is 1. The van der Waals surface area contributed by atoms with Crippen molar-refractivity contribution in [3.8, 4) is 0 Å². The van der Waals surface area contributed by atoms with Crippen molar-refractivity contribution in [3.63, 3.8) is 0 Å². The van der Waals surface area contributed by atoms with E-state index >= 15 is 0 Å². The van der Waals surface area contributed by atoms with Gasteiger partial charge in [-0.1, -0.05) is 0 Å². The molecule has 0 aromatic carbocycles. The molecule has 1 fully saturated rings. The van der Waals surface area contributed by atoms with Gasteiger partial charge in [0, 0.05) is 25.6 Å². The number of pyridine rings is 1. The van der Waals surface area contributed by atoms with Gasteiger partial charge in [-0.15, -0.1) is 0 Å². The lowest BCUT2D eigenvalue weighted by atomic mass is 10.1. The Kier molecular flexibility index (Phi) is 4.22. The van der Waals surface area contributed by atoms with Crippen LogP contribution in [0.3, 0.4) is 0 Å². The normalized spacial score (nSPS) is 16.3. The molecular weight excluding hydrogens is 256 g/mol. The average Bonchev–Trinajstić information content (AvgIpc) is 2.77. The smallest absolute Gasteiger partial charge is 0.253 e. The highest BCUT2D eigenvalue weighted by Crippen LogP contribution is 2.12. The topological polar surface area (TPSA) is 88.3 Å². The van der Waals surface area contributed by atoms with Crippen LogP contribution in [0.15, 0.2) is 12.3 Å². The second-order valence-corrected chi connectivity index (χ2v) is 5.22. The molecule has 1 aliphatic rings. The number of nitrogens with two attached hydrogens (primary N) is 1. The van der Waals surface area contributed by atoms with E-state index in [4.69, 9.17) is 5.73 Å². The lowest BCUT2D eigenvalue weighted by molar-refractivity contribution is -0.127. The van der Waals surface area contributed by atoms with Gasteiger partial charge in [0.15, 0.2) is 0 Å². The summed E-state index contributed by atoms with van der Waals surface area (Å²) in [5.74, 6) is -0.0469. The van der Waals surface area contributed by atoms with Crippen LogP contribution in [0.5, 0.6) is 0 Å². The highest BCUT2D eigenvalue weighted by molar-refractivity contribution is 5.96. The molecule has 6 nitrogen and oxygen atoms in total. The standard InChI is InChI=1S/C14H20N4O2/c1-9(8-18-5-3-4-13(18)19)17-14(20)12-6-11(15)7-16-10(12)2/h6-7,9H,3-5,8,15H2,1-2H3,(H,17,20). The van der Waals surface area contributed by atoms with E-state index in [-0.39, 0.29) is 17.9 Å². The van der Waals surface area contributed by atoms with Crippen molar-refractivity contribution in [1.29, 1.82) is 0 Å². The minimum Gasteiger partial charge on any atom is -0.397 e. The zero-order valence-electron chi connectivity index (χ0n) is 11.8. The zero-order valence-corrected chi connectivity index (χ0v) is 11.8. The molecule has 2 rings (SSSR count). The van der Waals surface area contributed by atoms with E-state index in [1.54, 1.807) is 17.9 Å². The van der Waals surface area contributed by atoms with Crippen LogP contribution in [0.2, 0.25) is 0 Å². The fourth-order valence-electron chi connectivity index (χ4n) is 2.35. The second kappa shape index (κ2) is 5.90. The molecule has 1 aliphatic heterocycles. The number of likely N-dealkylation sites (tertiary alicyclic amines) is 1. The van der Waals surface area contributed by atoms with Crippen LogP contribution >= 0.6 is 0 Å². The first-order valence-corrected chi connectivity index (χ1v) is 6.78. The maximum atomic E-state index is 12.2. The van der Waals surface area contributed by atoms with Crippen LogP contribution in [0.25, 0.3) is 0 Å². The summed E-state index contributed by atoms with van der Waals surface area (Å²) in [5.41, 5.74) is 7.23. The molecule has 108 valence electrons. The second-order valence-electron chi connectivity index (χ2n) is 5.22. The van der Waals surface area contributed by atoms with Gasteiger partial charge < -0.3 is 16.0 Å². The molecule has 0 saturated carbocycles. The number of aromatic nitrogens is 1. The lowest BCUT2D eigenvalue weighted by Gasteiger charge is -2.22. The summed E-state index contributed by atoms with van der Waals surface area (Å²) < 4.78 is 0. The number of nitrogens with zero attached hydrogens (tertiary/aromatic N) is 2. The average molecular weight is 276 g/mol. The quantitative estimate of drug-likeness (QED) is 0.848. The van der Waals surface area contributed by atoms with Gasteiger partial charge in [-0.3, -0.25) is 14.6 Å².